The van der Waals surface area contributed by atoms with Gasteiger partial charge in [-0.25, -0.2) is 4.79 Å². The van der Waals surface area contributed by atoms with Crippen LogP contribution in [0.25, 0.3) is 6.08 Å². The summed E-state index contributed by atoms with van der Waals surface area (Å²) < 4.78 is 5.15. The maximum Gasteiger partial charge on any atom is 0.341 e. The number of nitrogens with one attached hydrogen (secondary N) is 2. The molecule has 1 aromatic heterocycles. The number of carbonyl (C=O) groups excluding carboxylic acids is 3. The third kappa shape index (κ3) is 5.70. The number of hydrogen-bond acceptors (Lipinski definition) is 5. The Morgan fingerprint density at radius 2 is 1.66 bits per heavy atom. The third-order valence-electron chi connectivity index (χ3n) is 4.61. The number of rotatable bonds is 7. The lowest BCUT2D eigenvalue weighted by Crippen LogP contribution is -2.13. The highest BCUT2D eigenvalue weighted by Crippen LogP contribution is 2.34. The van der Waals surface area contributed by atoms with Crippen molar-refractivity contribution in [3.63, 3.8) is 0 Å². The molecule has 0 bridgehead atoms. The smallest absolute Gasteiger partial charge is 0.341 e. The van der Waals surface area contributed by atoms with Crippen LogP contribution in [0.5, 0.6) is 0 Å². The molecule has 2 aromatic carbocycles. The van der Waals surface area contributed by atoms with Crippen LogP contribution in [0.3, 0.4) is 0 Å². The van der Waals surface area contributed by atoms with Gasteiger partial charge in [-0.15, -0.1) is 11.3 Å². The van der Waals surface area contributed by atoms with Crippen LogP contribution in [0.2, 0.25) is 0 Å². The summed E-state index contributed by atoms with van der Waals surface area (Å²) in [6.07, 6.45) is 3.07. The lowest BCUT2D eigenvalue weighted by atomic mass is 10.1. The molecule has 3 aromatic rings. The van der Waals surface area contributed by atoms with E-state index in [0.717, 1.165) is 22.5 Å². The molecule has 1 heterocycles. The summed E-state index contributed by atoms with van der Waals surface area (Å²) in [5.41, 5.74) is 3.28. The van der Waals surface area contributed by atoms with E-state index in [1.165, 1.54) is 6.08 Å². The summed E-state index contributed by atoms with van der Waals surface area (Å²) in [4.78, 5) is 38.2. The first kappa shape index (κ1) is 23.0. The number of ether oxygens (including phenoxy) is 1. The number of para-hydroxylation sites is 1. The number of thiophene rings is 1. The molecule has 164 valence electrons. The number of anilines is 2. The average molecular weight is 449 g/mol. The molecule has 0 unspecified atom stereocenters. The van der Waals surface area contributed by atoms with Crippen molar-refractivity contribution >= 4 is 45.9 Å². The van der Waals surface area contributed by atoms with Crippen molar-refractivity contribution in [3.8, 4) is 0 Å². The first-order chi connectivity index (χ1) is 15.4. The standard InChI is InChI=1S/C25H24N2O4S/c1-4-31-25(30)21-17(3)22(23(29)26-19-8-6-5-7-9-19)32-24(21)27-20(28)15-14-18-12-10-16(2)11-13-18/h5-15H,4H2,1-3H3,(H,26,29)(H,27,28)/b15-14+. The van der Waals surface area contributed by atoms with Gasteiger partial charge in [-0.3, -0.25) is 9.59 Å². The van der Waals surface area contributed by atoms with Crippen LogP contribution in [-0.2, 0) is 9.53 Å². The second kappa shape index (κ2) is 10.5. The Morgan fingerprint density at radius 3 is 2.31 bits per heavy atom. The van der Waals surface area contributed by atoms with Gasteiger partial charge in [0, 0.05) is 11.8 Å². The second-order valence-electron chi connectivity index (χ2n) is 7.03. The summed E-state index contributed by atoms with van der Waals surface area (Å²) >= 11 is 1.04. The molecule has 0 aliphatic rings. The zero-order valence-corrected chi connectivity index (χ0v) is 18.9. The monoisotopic (exact) mass is 448 g/mol. The second-order valence-corrected chi connectivity index (χ2v) is 8.05. The molecule has 7 heteroatoms. The number of esters is 1. The van der Waals surface area contributed by atoms with Gasteiger partial charge in [0.15, 0.2) is 0 Å². The number of amides is 2. The Kier molecular flexibility index (Phi) is 7.57. The molecule has 0 radical (unpaired) electrons. The molecule has 0 fully saturated rings. The van der Waals surface area contributed by atoms with Crippen molar-refractivity contribution < 1.29 is 19.1 Å². The van der Waals surface area contributed by atoms with Gasteiger partial charge < -0.3 is 15.4 Å². The van der Waals surface area contributed by atoms with E-state index in [2.05, 4.69) is 10.6 Å². The van der Waals surface area contributed by atoms with Gasteiger partial charge in [0.1, 0.15) is 5.00 Å². The Bertz CT molecular complexity index is 1150. The molecule has 2 N–H and O–H groups in total. The third-order valence-corrected chi connectivity index (χ3v) is 5.81. The van der Waals surface area contributed by atoms with Gasteiger partial charge in [0.2, 0.25) is 5.91 Å². The van der Waals surface area contributed by atoms with Crippen molar-refractivity contribution in [1.29, 1.82) is 0 Å². The molecule has 6 nitrogen and oxygen atoms in total. The number of benzene rings is 2. The molecule has 0 aliphatic carbocycles. The topological polar surface area (TPSA) is 84.5 Å². The zero-order chi connectivity index (χ0) is 23.1. The molecule has 0 atom stereocenters. The molecule has 0 spiro atoms. The lowest BCUT2D eigenvalue weighted by molar-refractivity contribution is -0.111. The van der Waals surface area contributed by atoms with Gasteiger partial charge in [0.25, 0.3) is 5.91 Å². The van der Waals surface area contributed by atoms with E-state index >= 15 is 0 Å². The summed E-state index contributed by atoms with van der Waals surface area (Å²) in [7, 11) is 0. The van der Waals surface area contributed by atoms with Crippen molar-refractivity contribution in [3.05, 3.63) is 87.8 Å². The lowest BCUT2D eigenvalue weighted by Gasteiger charge is -2.06. The fourth-order valence-corrected chi connectivity index (χ4v) is 4.07. The van der Waals surface area contributed by atoms with E-state index < -0.39 is 11.9 Å². The quantitative estimate of drug-likeness (QED) is 0.372. The highest BCUT2D eigenvalue weighted by Gasteiger charge is 2.26. The van der Waals surface area contributed by atoms with Gasteiger partial charge >= 0.3 is 5.97 Å². The molecular weight excluding hydrogens is 424 g/mol. The summed E-state index contributed by atoms with van der Waals surface area (Å²) in [5.74, 6) is -1.36. The first-order valence-electron chi connectivity index (χ1n) is 10.1. The minimum absolute atomic E-state index is 0.181. The minimum atomic E-state index is -0.585. The van der Waals surface area contributed by atoms with E-state index in [4.69, 9.17) is 4.74 Å². The predicted octanol–water partition coefficient (Wildman–Crippen LogP) is 5.45. The van der Waals surface area contributed by atoms with Crippen molar-refractivity contribution in [2.45, 2.75) is 20.8 Å². The largest absolute Gasteiger partial charge is 0.462 e. The Morgan fingerprint density at radius 1 is 0.969 bits per heavy atom. The number of carbonyl (C=O) groups is 3. The van der Waals surface area contributed by atoms with Crippen LogP contribution in [0.15, 0.2) is 60.7 Å². The van der Waals surface area contributed by atoms with Crippen LogP contribution in [-0.4, -0.2) is 24.4 Å². The molecule has 32 heavy (non-hydrogen) atoms. The maximum atomic E-state index is 12.8. The van der Waals surface area contributed by atoms with Crippen LogP contribution >= 0.6 is 11.3 Å². The van der Waals surface area contributed by atoms with E-state index in [1.807, 2.05) is 49.4 Å². The van der Waals surface area contributed by atoms with Crippen molar-refractivity contribution in [1.82, 2.24) is 0 Å². The Hall–Kier alpha value is -3.71. The van der Waals surface area contributed by atoms with Gasteiger partial charge in [-0.2, -0.15) is 0 Å². The molecule has 3 rings (SSSR count). The molecule has 0 saturated carbocycles. The van der Waals surface area contributed by atoms with Crippen LogP contribution < -0.4 is 10.6 Å². The van der Waals surface area contributed by atoms with E-state index in [0.29, 0.717) is 16.1 Å². The van der Waals surface area contributed by atoms with Crippen molar-refractivity contribution in [2.75, 3.05) is 17.2 Å². The molecule has 2 amide bonds. The summed E-state index contributed by atoms with van der Waals surface area (Å²) in [5, 5.41) is 5.81. The summed E-state index contributed by atoms with van der Waals surface area (Å²) in [6.45, 7) is 5.54. The van der Waals surface area contributed by atoms with E-state index in [-0.39, 0.29) is 23.1 Å². The highest BCUT2D eigenvalue weighted by atomic mass is 32.1. The zero-order valence-electron chi connectivity index (χ0n) is 18.1. The fraction of sp³-hybridized carbons (Fsp3) is 0.160. The Labute approximate surface area is 190 Å². The highest BCUT2D eigenvalue weighted by molar-refractivity contribution is 7.19. The number of hydrogen-bond donors (Lipinski definition) is 2. The number of aryl methyl sites for hydroxylation is 1. The van der Waals surface area contributed by atoms with Crippen LogP contribution in [0, 0.1) is 13.8 Å². The Balaban J connectivity index is 1.85. The van der Waals surface area contributed by atoms with E-state index in [9.17, 15) is 14.4 Å². The first-order valence-corrected chi connectivity index (χ1v) is 10.9. The average Bonchev–Trinajstić information content (AvgIpc) is 3.10. The van der Waals surface area contributed by atoms with Gasteiger partial charge in [-0.1, -0.05) is 48.0 Å². The van der Waals surface area contributed by atoms with Gasteiger partial charge in [-0.05, 0) is 50.1 Å². The molecule has 0 aliphatic heterocycles. The molecule has 0 saturated heterocycles. The van der Waals surface area contributed by atoms with Crippen LogP contribution in [0.1, 0.15) is 43.6 Å². The molecular formula is C25H24N2O4S. The summed E-state index contributed by atoms with van der Waals surface area (Å²) in [6, 6.07) is 16.7. The predicted molar refractivity (Wildman–Crippen MR) is 128 cm³/mol. The van der Waals surface area contributed by atoms with E-state index in [1.54, 1.807) is 32.1 Å². The fourth-order valence-electron chi connectivity index (χ4n) is 2.98. The van der Waals surface area contributed by atoms with Crippen molar-refractivity contribution in [2.24, 2.45) is 0 Å². The minimum Gasteiger partial charge on any atom is -0.462 e. The normalized spacial score (nSPS) is 10.7. The van der Waals surface area contributed by atoms with Gasteiger partial charge in [0.05, 0.1) is 17.0 Å². The SMILES string of the molecule is CCOC(=O)c1c(NC(=O)/C=C/c2ccc(C)cc2)sc(C(=O)Nc2ccccc2)c1C. The van der Waals surface area contributed by atoms with Crippen LogP contribution in [0.4, 0.5) is 10.7 Å². The maximum absolute atomic E-state index is 12.8.